The Morgan fingerprint density at radius 2 is 1.69 bits per heavy atom. The number of alkyl halides is 3. The lowest BCUT2D eigenvalue weighted by atomic mass is 9.89. The SMILES string of the molecule is O=C1CCC(n2[nH]c3cc(C4CCN(Cc5ccc(OC(F)(F)F)cc5)CC4)ccc3c2=O)C(=O)N1. The molecule has 2 aliphatic heterocycles. The van der Waals surface area contributed by atoms with E-state index >= 15 is 0 Å². The van der Waals surface area contributed by atoms with Crippen molar-refractivity contribution in [2.45, 2.75) is 50.6 Å². The fourth-order valence-corrected chi connectivity index (χ4v) is 5.03. The number of fused-ring (bicyclic) bond motifs is 1. The normalized spacial score (nSPS) is 20.0. The molecule has 3 heterocycles. The van der Waals surface area contributed by atoms with Gasteiger partial charge in [0.05, 0.1) is 10.9 Å². The number of piperidine rings is 2. The zero-order valence-electron chi connectivity index (χ0n) is 19.3. The molecule has 2 amide bonds. The van der Waals surface area contributed by atoms with Crippen molar-refractivity contribution in [1.82, 2.24) is 20.0 Å². The molecule has 36 heavy (non-hydrogen) atoms. The van der Waals surface area contributed by atoms with Crippen molar-refractivity contribution in [2.24, 2.45) is 0 Å². The van der Waals surface area contributed by atoms with E-state index in [0.29, 0.717) is 23.4 Å². The first-order chi connectivity index (χ1) is 17.2. The number of aromatic nitrogens is 2. The summed E-state index contributed by atoms with van der Waals surface area (Å²) < 4.78 is 42.2. The summed E-state index contributed by atoms with van der Waals surface area (Å²) in [6.07, 6.45) is -2.43. The van der Waals surface area contributed by atoms with E-state index in [0.717, 1.165) is 37.1 Å². The van der Waals surface area contributed by atoms with Gasteiger partial charge in [-0.2, -0.15) is 0 Å². The molecule has 2 N–H and O–H groups in total. The number of likely N-dealkylation sites (tertiary alicyclic amines) is 1. The Hall–Kier alpha value is -3.60. The van der Waals surface area contributed by atoms with Crippen molar-refractivity contribution in [3.63, 3.8) is 0 Å². The number of imide groups is 1. The lowest BCUT2D eigenvalue weighted by Crippen LogP contribution is -2.44. The predicted octanol–water partition coefficient (Wildman–Crippen LogP) is 3.59. The van der Waals surface area contributed by atoms with Crippen LogP contribution in [0.5, 0.6) is 5.75 Å². The number of nitrogens with zero attached hydrogens (tertiary/aromatic N) is 2. The van der Waals surface area contributed by atoms with Gasteiger partial charge >= 0.3 is 6.36 Å². The van der Waals surface area contributed by atoms with Crippen LogP contribution < -0.4 is 15.6 Å². The molecule has 8 nitrogen and oxygen atoms in total. The highest BCUT2D eigenvalue weighted by Gasteiger charge is 2.32. The zero-order chi connectivity index (χ0) is 25.4. The maximum Gasteiger partial charge on any atom is 0.573 e. The van der Waals surface area contributed by atoms with Crippen molar-refractivity contribution in [1.29, 1.82) is 0 Å². The molecule has 0 radical (unpaired) electrons. The minimum Gasteiger partial charge on any atom is -0.406 e. The molecular formula is C25H25F3N4O4. The number of halogens is 3. The molecule has 2 aromatic carbocycles. The minimum absolute atomic E-state index is 0.188. The van der Waals surface area contributed by atoms with E-state index in [1.165, 1.54) is 16.8 Å². The Morgan fingerprint density at radius 3 is 2.36 bits per heavy atom. The van der Waals surface area contributed by atoms with Gasteiger partial charge in [0.2, 0.25) is 5.91 Å². The molecule has 190 valence electrons. The highest BCUT2D eigenvalue weighted by Crippen LogP contribution is 2.31. The second-order valence-electron chi connectivity index (χ2n) is 9.30. The number of amides is 2. The third-order valence-corrected chi connectivity index (χ3v) is 6.88. The summed E-state index contributed by atoms with van der Waals surface area (Å²) in [5, 5.41) is 5.84. The smallest absolute Gasteiger partial charge is 0.406 e. The van der Waals surface area contributed by atoms with E-state index < -0.39 is 18.3 Å². The van der Waals surface area contributed by atoms with Crippen LogP contribution in [0.25, 0.3) is 10.9 Å². The lowest BCUT2D eigenvalue weighted by molar-refractivity contribution is -0.274. The number of carbonyl (C=O) groups is 2. The van der Waals surface area contributed by atoms with Crippen LogP contribution >= 0.6 is 0 Å². The number of carbonyl (C=O) groups excluding carboxylic acids is 2. The first-order valence-corrected chi connectivity index (χ1v) is 11.8. The van der Waals surface area contributed by atoms with Gasteiger partial charge in [-0.1, -0.05) is 18.2 Å². The number of hydrogen-bond donors (Lipinski definition) is 2. The number of ether oxygens (including phenoxy) is 1. The average molecular weight is 502 g/mol. The Balaban J connectivity index is 1.22. The molecule has 0 bridgehead atoms. The molecule has 3 aromatic rings. The molecule has 1 aromatic heterocycles. The third kappa shape index (κ3) is 5.15. The highest BCUT2D eigenvalue weighted by atomic mass is 19.4. The minimum atomic E-state index is -4.70. The van der Waals surface area contributed by atoms with Crippen molar-refractivity contribution in [2.75, 3.05) is 13.1 Å². The second kappa shape index (κ2) is 9.45. The maximum atomic E-state index is 12.8. The molecule has 11 heteroatoms. The number of benzene rings is 2. The summed E-state index contributed by atoms with van der Waals surface area (Å²) in [5.41, 5.74) is 2.39. The first kappa shape index (κ1) is 24.1. The summed E-state index contributed by atoms with van der Waals surface area (Å²) in [7, 11) is 0. The molecule has 1 atom stereocenters. The molecular weight excluding hydrogens is 477 g/mol. The number of H-pyrrole nitrogens is 1. The quantitative estimate of drug-likeness (QED) is 0.520. The van der Waals surface area contributed by atoms with Crippen LogP contribution in [0, 0.1) is 0 Å². The van der Waals surface area contributed by atoms with Crippen molar-refractivity contribution >= 4 is 22.7 Å². The number of nitrogens with one attached hydrogen (secondary N) is 2. The van der Waals surface area contributed by atoms with E-state index in [-0.39, 0.29) is 30.1 Å². The largest absolute Gasteiger partial charge is 0.573 e. The molecule has 2 aliphatic rings. The van der Waals surface area contributed by atoms with Gasteiger partial charge in [-0.25, -0.2) is 4.68 Å². The van der Waals surface area contributed by atoms with Gasteiger partial charge in [0.1, 0.15) is 11.8 Å². The van der Waals surface area contributed by atoms with Crippen LogP contribution in [-0.2, 0) is 16.1 Å². The Morgan fingerprint density at radius 1 is 0.972 bits per heavy atom. The fraction of sp³-hybridized carbons (Fsp3) is 0.400. The lowest BCUT2D eigenvalue weighted by Gasteiger charge is -2.32. The van der Waals surface area contributed by atoms with Crippen molar-refractivity contribution < 1.29 is 27.5 Å². The molecule has 0 saturated carbocycles. The van der Waals surface area contributed by atoms with Crippen LogP contribution in [0.1, 0.15) is 48.8 Å². The van der Waals surface area contributed by atoms with Crippen molar-refractivity contribution in [3.8, 4) is 5.75 Å². The fourth-order valence-electron chi connectivity index (χ4n) is 5.03. The number of rotatable bonds is 5. The zero-order valence-corrected chi connectivity index (χ0v) is 19.3. The van der Waals surface area contributed by atoms with Gasteiger partial charge in [-0.3, -0.25) is 29.7 Å². The molecule has 0 aliphatic carbocycles. The Bertz CT molecular complexity index is 1340. The van der Waals surface area contributed by atoms with Crippen molar-refractivity contribution in [3.05, 3.63) is 63.9 Å². The van der Waals surface area contributed by atoms with Crippen LogP contribution in [0.2, 0.25) is 0 Å². The Labute approximate surface area is 204 Å². The number of aromatic amines is 1. The summed E-state index contributed by atoms with van der Waals surface area (Å²) in [6.45, 7) is 2.30. The summed E-state index contributed by atoms with van der Waals surface area (Å²) in [6, 6.07) is 10.9. The van der Waals surface area contributed by atoms with Gasteiger partial charge in [0.25, 0.3) is 11.5 Å². The van der Waals surface area contributed by atoms with E-state index in [1.807, 2.05) is 12.1 Å². The average Bonchev–Trinajstić information content (AvgIpc) is 3.15. The van der Waals surface area contributed by atoms with Crippen LogP contribution in [0.15, 0.2) is 47.3 Å². The maximum absolute atomic E-state index is 12.8. The van der Waals surface area contributed by atoms with Gasteiger partial charge < -0.3 is 4.74 Å². The summed E-state index contributed by atoms with van der Waals surface area (Å²) in [4.78, 5) is 38.8. The van der Waals surface area contributed by atoms with E-state index in [4.69, 9.17) is 0 Å². The molecule has 1 unspecified atom stereocenters. The highest BCUT2D eigenvalue weighted by molar-refractivity contribution is 5.99. The molecule has 0 spiro atoms. The predicted molar refractivity (Wildman–Crippen MR) is 124 cm³/mol. The molecule has 2 saturated heterocycles. The van der Waals surface area contributed by atoms with E-state index in [2.05, 4.69) is 20.1 Å². The van der Waals surface area contributed by atoms with Crippen LogP contribution in [0.3, 0.4) is 0 Å². The van der Waals surface area contributed by atoms with Gasteiger partial charge in [-0.15, -0.1) is 13.2 Å². The number of hydrogen-bond acceptors (Lipinski definition) is 5. The standard InChI is InChI=1S/C25H25F3N4O4/c26-25(27,28)36-18-4-1-15(2-5-18)14-31-11-9-16(10-12-31)17-3-6-19-20(13-17)30-32(24(19)35)21-7-8-22(33)29-23(21)34/h1-6,13,16,21,30H,7-12,14H2,(H,29,33,34). The van der Waals surface area contributed by atoms with Gasteiger partial charge in [-0.05, 0) is 73.7 Å². The molecule has 2 fully saturated rings. The monoisotopic (exact) mass is 502 g/mol. The summed E-state index contributed by atoms with van der Waals surface area (Å²) >= 11 is 0. The van der Waals surface area contributed by atoms with E-state index in [1.54, 1.807) is 18.2 Å². The van der Waals surface area contributed by atoms with Crippen LogP contribution in [-0.4, -0.2) is 45.9 Å². The van der Waals surface area contributed by atoms with Gasteiger partial charge in [0.15, 0.2) is 0 Å². The topological polar surface area (TPSA) is 96.4 Å². The first-order valence-electron chi connectivity index (χ1n) is 11.8. The Kier molecular flexibility index (Phi) is 6.33. The van der Waals surface area contributed by atoms with E-state index in [9.17, 15) is 27.6 Å². The van der Waals surface area contributed by atoms with Crippen LogP contribution in [0.4, 0.5) is 13.2 Å². The van der Waals surface area contributed by atoms with Gasteiger partial charge in [0, 0.05) is 13.0 Å². The second-order valence-corrected chi connectivity index (χ2v) is 9.30. The third-order valence-electron chi connectivity index (χ3n) is 6.88. The molecule has 5 rings (SSSR count). The summed E-state index contributed by atoms with van der Waals surface area (Å²) in [5.74, 6) is -0.739.